The molecule has 0 atom stereocenters. The maximum atomic E-state index is 13.5. The number of hydrogen-bond acceptors (Lipinski definition) is 2. The van der Waals surface area contributed by atoms with Gasteiger partial charge in [0.05, 0.1) is 12.5 Å². The summed E-state index contributed by atoms with van der Waals surface area (Å²) in [7, 11) is 1.67. The highest BCUT2D eigenvalue weighted by atomic mass is 16.5. The van der Waals surface area contributed by atoms with Gasteiger partial charge in [-0.1, -0.05) is 66.9 Å². The smallest absolute Gasteiger partial charge is 0.235 e. The summed E-state index contributed by atoms with van der Waals surface area (Å²) >= 11 is 0. The average Bonchev–Trinajstić information content (AvgIpc) is 3.19. The van der Waals surface area contributed by atoms with Crippen LogP contribution in [-0.2, 0) is 10.2 Å². The van der Waals surface area contributed by atoms with E-state index in [1.54, 1.807) is 7.11 Å². The largest absolute Gasteiger partial charge is 0.496 e. The molecular formula is C24H25NO2. The van der Waals surface area contributed by atoms with Crippen molar-refractivity contribution >= 4 is 22.4 Å². The van der Waals surface area contributed by atoms with Gasteiger partial charge < -0.3 is 10.1 Å². The molecule has 0 aliphatic heterocycles. The van der Waals surface area contributed by atoms with Gasteiger partial charge in [-0.25, -0.2) is 0 Å². The lowest BCUT2D eigenvalue weighted by Gasteiger charge is -2.29. The van der Waals surface area contributed by atoms with E-state index >= 15 is 0 Å². The van der Waals surface area contributed by atoms with Crippen molar-refractivity contribution in [3.63, 3.8) is 0 Å². The monoisotopic (exact) mass is 359 g/mol. The lowest BCUT2D eigenvalue weighted by molar-refractivity contribution is -0.121. The second kappa shape index (κ2) is 7.07. The van der Waals surface area contributed by atoms with Crippen LogP contribution in [0.4, 0.5) is 5.69 Å². The molecule has 0 saturated heterocycles. The first-order chi connectivity index (χ1) is 13.1. The summed E-state index contributed by atoms with van der Waals surface area (Å²) < 4.78 is 5.48. The Kier molecular flexibility index (Phi) is 4.61. The molecule has 3 aromatic carbocycles. The van der Waals surface area contributed by atoms with Crippen LogP contribution in [0.2, 0.25) is 0 Å². The number of benzene rings is 3. The van der Waals surface area contributed by atoms with E-state index in [0.29, 0.717) is 0 Å². The molecule has 138 valence electrons. The fourth-order valence-electron chi connectivity index (χ4n) is 4.37. The molecular weight excluding hydrogens is 334 g/mol. The zero-order chi connectivity index (χ0) is 18.9. The lowest BCUT2D eigenvalue weighted by Crippen LogP contribution is -2.38. The number of fused-ring (bicyclic) bond motifs is 1. The molecule has 0 aromatic heterocycles. The molecule has 0 heterocycles. The Labute approximate surface area is 160 Å². The molecule has 3 heteroatoms. The fraction of sp³-hybridized carbons (Fsp3) is 0.292. The van der Waals surface area contributed by atoms with E-state index in [2.05, 4.69) is 36.5 Å². The summed E-state index contributed by atoms with van der Waals surface area (Å²) in [6.45, 7) is 2.08. The van der Waals surface area contributed by atoms with Crippen LogP contribution in [0.15, 0.2) is 60.7 Å². The van der Waals surface area contributed by atoms with Crippen molar-refractivity contribution < 1.29 is 9.53 Å². The van der Waals surface area contributed by atoms with Crippen molar-refractivity contribution in [3.05, 3.63) is 71.8 Å². The number of aryl methyl sites for hydroxylation is 1. The topological polar surface area (TPSA) is 38.3 Å². The number of rotatable bonds is 4. The third kappa shape index (κ3) is 3.08. The second-order valence-electron chi connectivity index (χ2n) is 7.47. The first-order valence-electron chi connectivity index (χ1n) is 9.58. The van der Waals surface area contributed by atoms with Gasteiger partial charge in [-0.15, -0.1) is 0 Å². The average molecular weight is 359 g/mol. The van der Waals surface area contributed by atoms with Crippen molar-refractivity contribution in [2.75, 3.05) is 12.4 Å². The van der Waals surface area contributed by atoms with Crippen LogP contribution in [0.5, 0.6) is 5.75 Å². The number of hydrogen-bond donors (Lipinski definition) is 1. The molecule has 0 bridgehead atoms. The fourth-order valence-corrected chi connectivity index (χ4v) is 4.37. The SMILES string of the molecule is COc1ccc(NC(=O)C2(c3cccc(C)c3)CCCC2)c2ccccc12. The Morgan fingerprint density at radius 2 is 1.70 bits per heavy atom. The number of ether oxygens (including phenoxy) is 1. The molecule has 0 unspecified atom stereocenters. The molecule has 0 spiro atoms. The van der Waals surface area contributed by atoms with Gasteiger partial charge in [-0.3, -0.25) is 4.79 Å². The normalized spacial score (nSPS) is 15.6. The predicted octanol–water partition coefficient (Wildman–Crippen LogP) is 5.61. The minimum Gasteiger partial charge on any atom is -0.496 e. The van der Waals surface area contributed by atoms with E-state index < -0.39 is 5.41 Å². The highest BCUT2D eigenvalue weighted by Gasteiger charge is 2.42. The Hall–Kier alpha value is -2.81. The summed E-state index contributed by atoms with van der Waals surface area (Å²) in [6, 6.07) is 20.3. The zero-order valence-corrected chi connectivity index (χ0v) is 15.9. The van der Waals surface area contributed by atoms with Gasteiger partial charge in [0.1, 0.15) is 5.75 Å². The van der Waals surface area contributed by atoms with Gasteiger partial charge in [0.2, 0.25) is 5.91 Å². The maximum Gasteiger partial charge on any atom is 0.235 e. The molecule has 1 fully saturated rings. The van der Waals surface area contributed by atoms with Gasteiger partial charge in [0.25, 0.3) is 0 Å². The summed E-state index contributed by atoms with van der Waals surface area (Å²) in [6.07, 6.45) is 3.97. The highest BCUT2D eigenvalue weighted by Crippen LogP contribution is 2.43. The highest BCUT2D eigenvalue weighted by molar-refractivity contribution is 6.07. The molecule has 1 amide bonds. The molecule has 1 aliphatic carbocycles. The molecule has 0 radical (unpaired) electrons. The standard InChI is InChI=1S/C24H25NO2/c1-17-8-7-9-18(16-17)24(14-5-6-15-24)23(26)25-21-12-13-22(27-2)20-11-4-3-10-19(20)21/h3-4,7-13,16H,5-6,14-15H2,1-2H3,(H,25,26). The van der Waals surface area contributed by atoms with Gasteiger partial charge in [0.15, 0.2) is 0 Å². The molecule has 27 heavy (non-hydrogen) atoms. The Morgan fingerprint density at radius 1 is 0.963 bits per heavy atom. The minimum absolute atomic E-state index is 0.0981. The van der Waals surface area contributed by atoms with E-state index in [-0.39, 0.29) is 5.91 Å². The predicted molar refractivity (Wildman–Crippen MR) is 110 cm³/mol. The van der Waals surface area contributed by atoms with Crippen molar-refractivity contribution in [3.8, 4) is 5.75 Å². The number of methoxy groups -OCH3 is 1. The molecule has 1 saturated carbocycles. The Balaban J connectivity index is 1.74. The summed E-state index contributed by atoms with van der Waals surface area (Å²) in [5.41, 5.74) is 2.74. The number of nitrogens with one attached hydrogen (secondary N) is 1. The van der Waals surface area contributed by atoms with Crippen LogP contribution < -0.4 is 10.1 Å². The lowest BCUT2D eigenvalue weighted by atomic mass is 9.77. The molecule has 1 N–H and O–H groups in total. The Bertz CT molecular complexity index is 987. The number of amides is 1. The van der Waals surface area contributed by atoms with Crippen LogP contribution in [0.25, 0.3) is 10.8 Å². The molecule has 3 nitrogen and oxygen atoms in total. The van der Waals surface area contributed by atoms with Gasteiger partial charge in [0, 0.05) is 16.5 Å². The summed E-state index contributed by atoms with van der Waals surface area (Å²) in [5.74, 6) is 0.916. The van der Waals surface area contributed by atoms with E-state index in [1.807, 2.05) is 36.4 Å². The minimum atomic E-state index is -0.437. The summed E-state index contributed by atoms with van der Waals surface area (Å²) in [5, 5.41) is 5.25. The third-order valence-electron chi connectivity index (χ3n) is 5.81. The second-order valence-corrected chi connectivity index (χ2v) is 7.47. The third-order valence-corrected chi connectivity index (χ3v) is 5.81. The van der Waals surface area contributed by atoms with Gasteiger partial charge >= 0.3 is 0 Å². The maximum absolute atomic E-state index is 13.5. The van der Waals surface area contributed by atoms with Crippen LogP contribution in [-0.4, -0.2) is 13.0 Å². The number of carbonyl (C=O) groups is 1. The van der Waals surface area contributed by atoms with Crippen LogP contribution in [0, 0.1) is 6.92 Å². The van der Waals surface area contributed by atoms with Crippen molar-refractivity contribution in [2.24, 2.45) is 0 Å². The summed E-state index contributed by atoms with van der Waals surface area (Å²) in [4.78, 5) is 13.5. The molecule has 3 aromatic rings. The zero-order valence-electron chi connectivity index (χ0n) is 15.9. The van der Waals surface area contributed by atoms with Crippen LogP contribution in [0.3, 0.4) is 0 Å². The quantitative estimate of drug-likeness (QED) is 0.658. The van der Waals surface area contributed by atoms with Gasteiger partial charge in [-0.2, -0.15) is 0 Å². The van der Waals surface area contributed by atoms with Crippen LogP contribution in [0.1, 0.15) is 36.8 Å². The number of anilines is 1. The Morgan fingerprint density at radius 3 is 2.41 bits per heavy atom. The van der Waals surface area contributed by atoms with E-state index in [1.165, 1.54) is 5.56 Å². The van der Waals surface area contributed by atoms with Crippen molar-refractivity contribution in [2.45, 2.75) is 38.0 Å². The first-order valence-corrected chi connectivity index (χ1v) is 9.58. The van der Waals surface area contributed by atoms with E-state index in [4.69, 9.17) is 4.74 Å². The van der Waals surface area contributed by atoms with Crippen molar-refractivity contribution in [1.29, 1.82) is 0 Å². The molecule has 1 aliphatic rings. The van der Waals surface area contributed by atoms with E-state index in [9.17, 15) is 4.79 Å². The first kappa shape index (κ1) is 17.6. The molecule has 4 rings (SSSR count). The number of carbonyl (C=O) groups excluding carboxylic acids is 1. The van der Waals surface area contributed by atoms with Crippen molar-refractivity contribution in [1.82, 2.24) is 0 Å². The van der Waals surface area contributed by atoms with E-state index in [0.717, 1.165) is 53.5 Å². The van der Waals surface area contributed by atoms with Crippen LogP contribution >= 0.6 is 0 Å². The van der Waals surface area contributed by atoms with Gasteiger partial charge in [-0.05, 0) is 37.5 Å².